The van der Waals surface area contributed by atoms with Crippen LogP contribution in [0.5, 0.6) is 0 Å². The molecule has 0 aromatic heterocycles. The molecule has 0 aliphatic carbocycles. The van der Waals surface area contributed by atoms with Crippen LogP contribution in [0.15, 0.2) is 0 Å². The van der Waals surface area contributed by atoms with Crippen molar-refractivity contribution in [3.05, 3.63) is 0 Å². The Balaban J connectivity index is -0.000000165. The van der Waals surface area contributed by atoms with E-state index in [4.69, 9.17) is 0 Å². The van der Waals surface area contributed by atoms with Crippen molar-refractivity contribution in [2.24, 2.45) is 0 Å². The number of rotatable bonds is 10. The van der Waals surface area contributed by atoms with Crippen LogP contribution in [-0.2, 0) is 24.0 Å². The quantitative estimate of drug-likeness (QED) is 0.300. The molecule has 0 radical (unpaired) electrons. The average Bonchev–Trinajstić information content (AvgIpc) is 2.67. The highest BCUT2D eigenvalue weighted by atomic mass is 16.2. The molecule has 0 spiro atoms. The first-order chi connectivity index (χ1) is 12.9. The van der Waals surface area contributed by atoms with Gasteiger partial charge in [-0.3, -0.25) is 24.0 Å². The van der Waals surface area contributed by atoms with Gasteiger partial charge < -0.3 is 26.6 Å². The van der Waals surface area contributed by atoms with Gasteiger partial charge in [0.2, 0.25) is 24.1 Å². The first-order valence-corrected chi connectivity index (χ1v) is 8.98. The molecule has 27 heavy (non-hydrogen) atoms. The first-order valence-electron chi connectivity index (χ1n) is 8.98. The van der Waals surface area contributed by atoms with Crippen LogP contribution in [0.25, 0.3) is 0 Å². The third kappa shape index (κ3) is 35.5. The van der Waals surface area contributed by atoms with Crippen LogP contribution < -0.4 is 26.6 Å². The van der Waals surface area contributed by atoms with Gasteiger partial charge in [-0.2, -0.15) is 0 Å². The molecule has 0 unspecified atom stereocenters. The Morgan fingerprint density at radius 2 is 1.19 bits per heavy atom. The summed E-state index contributed by atoms with van der Waals surface area (Å²) in [5, 5.41) is 12.2. The van der Waals surface area contributed by atoms with E-state index in [-0.39, 0.29) is 49.7 Å². The monoisotopic (exact) mass is 391 g/mol. The van der Waals surface area contributed by atoms with Gasteiger partial charge in [0.25, 0.3) is 0 Å². The van der Waals surface area contributed by atoms with Crippen molar-refractivity contribution in [3.8, 4) is 0 Å². The standard InChI is InChI=1S/C7H15N3O2.C6H10N2O3.2C2H6/c1-3-9-7(12)5-10-6(11)4-8-2;1-5(10)2-8-6(11)3-7-4-9;2*1-2/h8H,3-5H2,1-2H3,(H,9,12)(H,10,11);4H,2-3H2,1H3,(H,7,9)(H,8,11);2*1-2H3. The lowest BCUT2D eigenvalue weighted by atomic mass is 10.4. The van der Waals surface area contributed by atoms with Crippen LogP contribution in [0, 0.1) is 0 Å². The fourth-order valence-corrected chi connectivity index (χ4v) is 1.08. The number of nitrogens with one attached hydrogen (secondary N) is 5. The van der Waals surface area contributed by atoms with E-state index in [2.05, 4.69) is 26.6 Å². The van der Waals surface area contributed by atoms with E-state index in [0.717, 1.165) is 0 Å². The molecule has 0 saturated heterocycles. The summed E-state index contributed by atoms with van der Waals surface area (Å²) in [6, 6.07) is 0. The number of hydrogen-bond acceptors (Lipinski definition) is 6. The van der Waals surface area contributed by atoms with Gasteiger partial charge in [0, 0.05) is 6.54 Å². The van der Waals surface area contributed by atoms with E-state index in [0.29, 0.717) is 13.0 Å². The van der Waals surface area contributed by atoms with Gasteiger partial charge in [0.1, 0.15) is 5.78 Å². The normalized spacial score (nSPS) is 7.96. The predicted molar refractivity (Wildman–Crippen MR) is 106 cm³/mol. The zero-order chi connectivity index (χ0) is 22.1. The molecule has 0 atom stereocenters. The van der Waals surface area contributed by atoms with Crippen molar-refractivity contribution in [1.29, 1.82) is 0 Å². The Bertz CT molecular complexity index is 385. The van der Waals surface area contributed by atoms with Gasteiger partial charge in [0.15, 0.2) is 0 Å². The molecule has 0 rings (SSSR count). The van der Waals surface area contributed by atoms with Crippen LogP contribution in [0.4, 0.5) is 0 Å². The largest absolute Gasteiger partial charge is 0.355 e. The number of Topliss-reactive ketones (excluding diaryl/α,β-unsaturated/α-hetero) is 1. The van der Waals surface area contributed by atoms with Crippen molar-refractivity contribution < 1.29 is 24.0 Å². The Morgan fingerprint density at radius 3 is 1.59 bits per heavy atom. The second-order valence-electron chi connectivity index (χ2n) is 4.24. The van der Waals surface area contributed by atoms with E-state index in [1.165, 1.54) is 6.92 Å². The zero-order valence-electron chi connectivity index (χ0n) is 17.7. The van der Waals surface area contributed by atoms with Gasteiger partial charge >= 0.3 is 0 Å². The Labute approximate surface area is 162 Å². The summed E-state index contributed by atoms with van der Waals surface area (Å²) in [5.41, 5.74) is 0. The summed E-state index contributed by atoms with van der Waals surface area (Å²) in [7, 11) is 1.67. The average molecular weight is 392 g/mol. The molecule has 0 heterocycles. The van der Waals surface area contributed by atoms with Gasteiger partial charge in [-0.25, -0.2) is 0 Å². The van der Waals surface area contributed by atoms with Gasteiger partial charge in [0.05, 0.1) is 26.2 Å². The van der Waals surface area contributed by atoms with Crippen LogP contribution >= 0.6 is 0 Å². The molecule has 5 N–H and O–H groups in total. The molecule has 0 saturated carbocycles. The van der Waals surface area contributed by atoms with Gasteiger partial charge in [-0.1, -0.05) is 27.7 Å². The first kappa shape index (κ1) is 32.2. The number of likely N-dealkylation sites (N-methyl/N-ethyl adjacent to an activating group) is 2. The second kappa shape index (κ2) is 28.3. The molecule has 0 aromatic rings. The Hall–Kier alpha value is -2.49. The highest BCUT2D eigenvalue weighted by molar-refractivity contribution is 5.86. The molecule has 10 heteroatoms. The molecule has 0 aromatic carbocycles. The Kier molecular flexibility index (Phi) is 33.8. The van der Waals surface area contributed by atoms with Crippen molar-refractivity contribution in [2.45, 2.75) is 41.5 Å². The predicted octanol–water partition coefficient (Wildman–Crippen LogP) is -1.05. The van der Waals surface area contributed by atoms with E-state index in [9.17, 15) is 24.0 Å². The number of hydrogen-bond donors (Lipinski definition) is 5. The number of carbonyl (C=O) groups is 5. The molecule has 0 aliphatic heterocycles. The van der Waals surface area contributed by atoms with Crippen LogP contribution in [-0.4, -0.2) is 69.7 Å². The van der Waals surface area contributed by atoms with Gasteiger partial charge in [-0.05, 0) is 20.9 Å². The molecule has 10 nitrogen and oxygen atoms in total. The zero-order valence-corrected chi connectivity index (χ0v) is 17.7. The summed E-state index contributed by atoms with van der Waals surface area (Å²) >= 11 is 0. The lowest BCUT2D eigenvalue weighted by Crippen LogP contribution is -2.39. The number of carbonyl (C=O) groups excluding carboxylic acids is 5. The minimum absolute atomic E-state index is 0.0133. The molecule has 0 fully saturated rings. The molecule has 160 valence electrons. The summed E-state index contributed by atoms with van der Waals surface area (Å²) in [4.78, 5) is 52.2. The van der Waals surface area contributed by atoms with E-state index in [1.807, 2.05) is 34.6 Å². The maximum Gasteiger partial charge on any atom is 0.239 e. The molecular weight excluding hydrogens is 354 g/mol. The van der Waals surface area contributed by atoms with Crippen LogP contribution in [0.3, 0.4) is 0 Å². The van der Waals surface area contributed by atoms with E-state index in [1.54, 1.807) is 7.05 Å². The van der Waals surface area contributed by atoms with Gasteiger partial charge in [-0.15, -0.1) is 0 Å². The van der Waals surface area contributed by atoms with E-state index >= 15 is 0 Å². The summed E-state index contributed by atoms with van der Waals surface area (Å²) in [5.74, 6) is -0.831. The smallest absolute Gasteiger partial charge is 0.239 e. The lowest BCUT2D eigenvalue weighted by Gasteiger charge is -2.03. The van der Waals surface area contributed by atoms with Crippen molar-refractivity contribution >= 4 is 29.9 Å². The lowest BCUT2D eigenvalue weighted by molar-refractivity contribution is -0.125. The highest BCUT2D eigenvalue weighted by Gasteiger charge is 2.02. The SMILES string of the molecule is CC.CC.CC(=O)CNC(=O)CNC=O.CCNC(=O)CNC(=O)CNC. The third-order valence-electron chi connectivity index (χ3n) is 2.04. The maximum absolute atomic E-state index is 10.8. The van der Waals surface area contributed by atoms with E-state index < -0.39 is 0 Å². The topological polar surface area (TPSA) is 146 Å². The fourth-order valence-electron chi connectivity index (χ4n) is 1.08. The molecule has 0 bridgehead atoms. The fraction of sp³-hybridized carbons (Fsp3) is 0.706. The summed E-state index contributed by atoms with van der Waals surface area (Å²) in [6.07, 6.45) is 0.424. The second-order valence-corrected chi connectivity index (χ2v) is 4.24. The minimum Gasteiger partial charge on any atom is -0.355 e. The summed E-state index contributed by atoms with van der Waals surface area (Å²) < 4.78 is 0. The highest BCUT2D eigenvalue weighted by Crippen LogP contribution is 1.66. The maximum atomic E-state index is 10.8. The third-order valence-corrected chi connectivity index (χ3v) is 2.04. The van der Waals surface area contributed by atoms with Crippen molar-refractivity contribution in [2.75, 3.05) is 39.8 Å². The summed E-state index contributed by atoms with van der Waals surface area (Å²) in [6.45, 7) is 12.0. The minimum atomic E-state index is -0.368. The number of ketones is 1. The van der Waals surface area contributed by atoms with Crippen LogP contribution in [0.2, 0.25) is 0 Å². The van der Waals surface area contributed by atoms with Crippen molar-refractivity contribution in [1.82, 2.24) is 26.6 Å². The molecule has 0 aliphatic rings. The van der Waals surface area contributed by atoms with Crippen molar-refractivity contribution in [3.63, 3.8) is 0 Å². The van der Waals surface area contributed by atoms with Crippen LogP contribution in [0.1, 0.15) is 41.5 Å². The molecular formula is C17H37N5O5. The number of amides is 4. The molecule has 4 amide bonds. The Morgan fingerprint density at radius 1 is 0.741 bits per heavy atom.